The quantitative estimate of drug-likeness (QED) is 0.743. The van der Waals surface area contributed by atoms with Gasteiger partial charge in [0.15, 0.2) is 0 Å². The van der Waals surface area contributed by atoms with E-state index < -0.39 is 6.04 Å². The first kappa shape index (κ1) is 19.5. The van der Waals surface area contributed by atoms with Gasteiger partial charge in [-0.05, 0) is 43.7 Å². The van der Waals surface area contributed by atoms with Gasteiger partial charge < -0.3 is 5.32 Å². The molecule has 0 aliphatic carbocycles. The highest BCUT2D eigenvalue weighted by Crippen LogP contribution is 2.26. The summed E-state index contributed by atoms with van der Waals surface area (Å²) in [5.74, 6) is 0.592. The molecule has 0 radical (unpaired) electrons. The molecule has 2 amide bonds. The number of carbonyl (C=O) groups is 2. The number of hydrogen-bond acceptors (Lipinski definition) is 4. The average Bonchev–Trinajstić information content (AvgIpc) is 3.05. The van der Waals surface area contributed by atoms with E-state index in [9.17, 15) is 9.59 Å². The van der Waals surface area contributed by atoms with Crippen molar-refractivity contribution in [2.75, 3.05) is 17.7 Å². The second-order valence-corrected chi connectivity index (χ2v) is 7.57. The van der Waals surface area contributed by atoms with Gasteiger partial charge in [-0.3, -0.25) is 14.5 Å². The lowest BCUT2D eigenvalue weighted by atomic mass is 10.1. The summed E-state index contributed by atoms with van der Waals surface area (Å²) in [4.78, 5) is 28.2. The molecule has 0 saturated heterocycles. The molecular weight excluding hydrogens is 360 g/mol. The molecule has 144 valence electrons. The van der Waals surface area contributed by atoms with Gasteiger partial charge in [0.1, 0.15) is 11.9 Å². The van der Waals surface area contributed by atoms with Crippen LogP contribution >= 0.6 is 11.8 Å². The largest absolute Gasteiger partial charge is 0.354 e. The van der Waals surface area contributed by atoms with Crippen molar-refractivity contribution in [1.82, 2.24) is 15.1 Å². The highest BCUT2D eigenvalue weighted by molar-refractivity contribution is 7.98. The normalized spacial score (nSPS) is 14.8. The summed E-state index contributed by atoms with van der Waals surface area (Å²) in [6.07, 6.45) is 3.75. The van der Waals surface area contributed by atoms with Crippen LogP contribution in [0.1, 0.15) is 31.0 Å². The summed E-state index contributed by atoms with van der Waals surface area (Å²) in [6, 6.07) is 9.72. The second kappa shape index (κ2) is 8.61. The fraction of sp³-hybridized carbons (Fsp3) is 0.450. The zero-order valence-corrected chi connectivity index (χ0v) is 16.9. The Labute approximate surface area is 164 Å². The van der Waals surface area contributed by atoms with Crippen LogP contribution in [0.3, 0.4) is 0 Å². The van der Waals surface area contributed by atoms with Crippen LogP contribution in [0.25, 0.3) is 0 Å². The minimum Gasteiger partial charge on any atom is -0.354 e. The smallest absolute Gasteiger partial charge is 0.243 e. The highest BCUT2D eigenvalue weighted by Gasteiger charge is 2.34. The van der Waals surface area contributed by atoms with Gasteiger partial charge >= 0.3 is 0 Å². The summed E-state index contributed by atoms with van der Waals surface area (Å²) in [5, 5.41) is 7.42. The number of thioether (sulfide) groups is 1. The van der Waals surface area contributed by atoms with Gasteiger partial charge in [0.25, 0.3) is 0 Å². The van der Waals surface area contributed by atoms with Crippen LogP contribution < -0.4 is 10.2 Å². The number of anilines is 1. The number of nitrogens with zero attached hydrogens (tertiary/aromatic N) is 3. The molecule has 2 aromatic rings. The fourth-order valence-electron chi connectivity index (χ4n) is 3.40. The number of carbonyl (C=O) groups excluding carboxylic acids is 2. The molecule has 1 aliphatic heterocycles. The predicted molar refractivity (Wildman–Crippen MR) is 108 cm³/mol. The number of aromatic nitrogens is 2. The van der Waals surface area contributed by atoms with E-state index in [4.69, 9.17) is 0 Å². The van der Waals surface area contributed by atoms with Crippen molar-refractivity contribution in [3.8, 4) is 0 Å². The molecule has 27 heavy (non-hydrogen) atoms. The zero-order chi connectivity index (χ0) is 19.4. The van der Waals surface area contributed by atoms with Crippen LogP contribution in [0, 0.1) is 6.92 Å². The van der Waals surface area contributed by atoms with E-state index in [0.717, 1.165) is 17.9 Å². The molecule has 1 N–H and O–H groups in total. The molecule has 1 aliphatic rings. The maximum absolute atomic E-state index is 12.8. The Bertz CT molecular complexity index is 816. The molecule has 2 heterocycles. The number of hydrogen-bond donors (Lipinski definition) is 1. The highest BCUT2D eigenvalue weighted by atomic mass is 32.2. The monoisotopic (exact) mass is 386 g/mol. The number of amides is 2. The van der Waals surface area contributed by atoms with Crippen LogP contribution in [0.15, 0.2) is 35.2 Å². The van der Waals surface area contributed by atoms with Crippen molar-refractivity contribution >= 4 is 29.4 Å². The van der Waals surface area contributed by atoms with Crippen molar-refractivity contribution in [1.29, 1.82) is 0 Å². The number of benzene rings is 1. The van der Waals surface area contributed by atoms with Crippen molar-refractivity contribution in [2.24, 2.45) is 0 Å². The van der Waals surface area contributed by atoms with Crippen molar-refractivity contribution < 1.29 is 9.59 Å². The molecule has 0 fully saturated rings. The van der Waals surface area contributed by atoms with Gasteiger partial charge in [-0.15, -0.1) is 11.8 Å². The van der Waals surface area contributed by atoms with E-state index in [1.165, 1.54) is 10.5 Å². The van der Waals surface area contributed by atoms with Crippen LogP contribution in [0.2, 0.25) is 0 Å². The van der Waals surface area contributed by atoms with Gasteiger partial charge in [-0.1, -0.05) is 19.1 Å². The Hall–Kier alpha value is -2.28. The molecule has 1 atom stereocenters. The number of aryl methyl sites for hydroxylation is 2. The third-order valence-corrected chi connectivity index (χ3v) is 5.55. The van der Waals surface area contributed by atoms with Crippen LogP contribution in [0.5, 0.6) is 0 Å². The molecule has 3 rings (SSSR count). The van der Waals surface area contributed by atoms with Crippen molar-refractivity contribution in [3.05, 3.63) is 41.6 Å². The number of fused-ring (bicyclic) bond motifs is 1. The summed E-state index contributed by atoms with van der Waals surface area (Å²) in [7, 11) is 0. The lowest BCUT2D eigenvalue weighted by Gasteiger charge is -2.33. The van der Waals surface area contributed by atoms with E-state index in [1.807, 2.05) is 24.6 Å². The van der Waals surface area contributed by atoms with Crippen molar-refractivity contribution in [2.45, 2.75) is 50.6 Å². The first-order chi connectivity index (χ1) is 13.0. The Balaban J connectivity index is 1.64. The molecule has 0 bridgehead atoms. The maximum Gasteiger partial charge on any atom is 0.243 e. The SMILES string of the molecule is CC[C@@H](C(=O)NCCc1ccc(SC)cc1)N1C(=O)CCn2nc(C)cc21. The summed E-state index contributed by atoms with van der Waals surface area (Å²) in [6.45, 7) is 4.95. The predicted octanol–water partition coefficient (Wildman–Crippen LogP) is 2.79. The first-order valence-electron chi connectivity index (χ1n) is 9.30. The molecule has 7 heteroatoms. The topological polar surface area (TPSA) is 67.2 Å². The Morgan fingerprint density at radius 2 is 2.07 bits per heavy atom. The maximum atomic E-state index is 12.8. The second-order valence-electron chi connectivity index (χ2n) is 6.69. The van der Waals surface area contributed by atoms with Crippen LogP contribution in [0.4, 0.5) is 5.82 Å². The molecular formula is C20H26N4O2S. The van der Waals surface area contributed by atoms with E-state index >= 15 is 0 Å². The Morgan fingerprint density at radius 3 is 2.74 bits per heavy atom. The summed E-state index contributed by atoms with van der Waals surface area (Å²) in [5.41, 5.74) is 2.04. The minimum atomic E-state index is -0.508. The van der Waals surface area contributed by atoms with Crippen LogP contribution in [-0.4, -0.2) is 40.4 Å². The van der Waals surface area contributed by atoms with Gasteiger partial charge in [0, 0.05) is 23.9 Å². The molecule has 1 aromatic carbocycles. The molecule has 0 spiro atoms. The van der Waals surface area contributed by atoms with E-state index in [0.29, 0.717) is 25.9 Å². The van der Waals surface area contributed by atoms with Crippen molar-refractivity contribution in [3.63, 3.8) is 0 Å². The lowest BCUT2D eigenvalue weighted by Crippen LogP contribution is -2.52. The Morgan fingerprint density at radius 1 is 1.33 bits per heavy atom. The fourth-order valence-corrected chi connectivity index (χ4v) is 3.81. The number of nitrogens with one attached hydrogen (secondary N) is 1. The lowest BCUT2D eigenvalue weighted by molar-refractivity contribution is -0.127. The van der Waals surface area contributed by atoms with Gasteiger partial charge in [0.05, 0.1) is 12.2 Å². The first-order valence-corrected chi connectivity index (χ1v) is 10.5. The summed E-state index contributed by atoms with van der Waals surface area (Å²) < 4.78 is 1.82. The third-order valence-electron chi connectivity index (χ3n) is 4.81. The third kappa shape index (κ3) is 4.35. The zero-order valence-electron chi connectivity index (χ0n) is 16.1. The average molecular weight is 387 g/mol. The number of rotatable bonds is 7. The molecule has 0 unspecified atom stereocenters. The molecule has 6 nitrogen and oxygen atoms in total. The van der Waals surface area contributed by atoms with Crippen LogP contribution in [-0.2, 0) is 22.6 Å². The summed E-state index contributed by atoms with van der Waals surface area (Å²) >= 11 is 1.71. The minimum absolute atomic E-state index is 0.0166. The van der Waals surface area contributed by atoms with E-state index in [-0.39, 0.29) is 11.8 Å². The van der Waals surface area contributed by atoms with Gasteiger partial charge in [-0.25, -0.2) is 4.68 Å². The Kier molecular flexibility index (Phi) is 6.21. The van der Waals surface area contributed by atoms with E-state index in [1.54, 1.807) is 16.7 Å². The molecule has 1 aromatic heterocycles. The standard InChI is InChI=1S/C20H26N4O2S/c1-4-17(24-18-13-14(2)22-23(18)12-10-19(24)25)20(26)21-11-9-15-5-7-16(27-3)8-6-15/h5-8,13,17H,4,9-12H2,1-3H3,(H,21,26)/t17-/m0/s1. The molecule has 0 saturated carbocycles. The van der Waals surface area contributed by atoms with Gasteiger partial charge in [0.2, 0.25) is 11.8 Å². The van der Waals surface area contributed by atoms with Gasteiger partial charge in [-0.2, -0.15) is 5.10 Å². The van der Waals surface area contributed by atoms with E-state index in [2.05, 4.69) is 40.9 Å².